The Morgan fingerprint density at radius 3 is 2.85 bits per heavy atom. The van der Waals surface area contributed by atoms with Crippen LogP contribution >= 0.6 is 11.8 Å². The van der Waals surface area contributed by atoms with Gasteiger partial charge in [0.2, 0.25) is 5.16 Å². The average molecular weight is 359 g/mol. The minimum Gasteiger partial charge on any atom is -0.275 e. The zero-order valence-electron chi connectivity index (χ0n) is 13.8. The lowest BCUT2D eigenvalue weighted by atomic mass is 10.2. The molecule has 0 amide bonds. The van der Waals surface area contributed by atoms with E-state index in [1.165, 1.54) is 11.8 Å². The molecule has 4 aromatic heterocycles. The highest BCUT2D eigenvalue weighted by molar-refractivity contribution is 7.99. The molecular weight excluding hydrogens is 346 g/mol. The summed E-state index contributed by atoms with van der Waals surface area (Å²) >= 11 is 1.53. The Kier molecular flexibility index (Phi) is 3.42. The highest BCUT2D eigenvalue weighted by Crippen LogP contribution is 2.32. The molecule has 0 fully saturated rings. The van der Waals surface area contributed by atoms with Gasteiger partial charge in [0.05, 0.1) is 17.4 Å². The molecule has 0 radical (unpaired) electrons. The zero-order chi connectivity index (χ0) is 17.5. The number of benzene rings is 1. The second-order valence-electron chi connectivity index (χ2n) is 5.80. The summed E-state index contributed by atoms with van der Waals surface area (Å²) in [5, 5.41) is 19.2. The summed E-state index contributed by atoms with van der Waals surface area (Å²) in [6, 6.07) is 13.9. The lowest BCUT2D eigenvalue weighted by Crippen LogP contribution is -1.96. The third-order valence-electron chi connectivity index (χ3n) is 4.04. The Hall–Kier alpha value is -3.26. The normalized spacial score (nSPS) is 11.4. The van der Waals surface area contributed by atoms with E-state index >= 15 is 0 Å². The molecule has 0 spiro atoms. The predicted octanol–water partition coefficient (Wildman–Crippen LogP) is 3.22. The topological polar surface area (TPSA) is 73.8 Å². The monoisotopic (exact) mass is 359 g/mol. The lowest BCUT2D eigenvalue weighted by Gasteiger charge is -2.04. The molecule has 0 bridgehead atoms. The highest BCUT2D eigenvalue weighted by atomic mass is 32.2. The fourth-order valence-corrected chi connectivity index (χ4v) is 3.73. The molecule has 0 saturated heterocycles. The van der Waals surface area contributed by atoms with Crippen LogP contribution in [0.25, 0.3) is 27.8 Å². The molecule has 0 N–H and O–H groups in total. The summed E-state index contributed by atoms with van der Waals surface area (Å²) < 4.78 is 3.52. The minimum atomic E-state index is 0.707. The summed E-state index contributed by atoms with van der Waals surface area (Å²) in [6.45, 7) is 0. The van der Waals surface area contributed by atoms with Gasteiger partial charge < -0.3 is 0 Å². The van der Waals surface area contributed by atoms with Crippen LogP contribution in [0.4, 0.5) is 0 Å². The van der Waals surface area contributed by atoms with Crippen LogP contribution in [0.3, 0.4) is 0 Å². The van der Waals surface area contributed by atoms with Crippen LogP contribution < -0.4 is 0 Å². The fourth-order valence-electron chi connectivity index (χ4n) is 2.80. The smallest absolute Gasteiger partial charge is 0.217 e. The summed E-state index contributed by atoms with van der Waals surface area (Å²) in [5.41, 5.74) is 3.44. The molecule has 0 saturated carbocycles. The van der Waals surface area contributed by atoms with Crippen LogP contribution in [0.15, 0.2) is 71.1 Å². The van der Waals surface area contributed by atoms with Gasteiger partial charge in [-0.1, -0.05) is 12.1 Å². The van der Waals surface area contributed by atoms with Crippen molar-refractivity contribution in [2.75, 3.05) is 0 Å². The Balaban J connectivity index is 1.60. The molecule has 5 rings (SSSR count). The molecule has 26 heavy (non-hydrogen) atoms. The van der Waals surface area contributed by atoms with Gasteiger partial charge in [-0.25, -0.2) is 0 Å². The van der Waals surface area contributed by atoms with Crippen LogP contribution in [-0.4, -0.2) is 34.6 Å². The Bertz CT molecular complexity index is 1240. The molecule has 7 nitrogen and oxygen atoms in total. The van der Waals surface area contributed by atoms with Crippen LogP contribution in [0.2, 0.25) is 0 Å². The largest absolute Gasteiger partial charge is 0.275 e. The maximum Gasteiger partial charge on any atom is 0.217 e. The first-order chi connectivity index (χ1) is 12.8. The Labute approximate surface area is 152 Å². The third kappa shape index (κ3) is 2.51. The van der Waals surface area contributed by atoms with Gasteiger partial charge in [-0.05, 0) is 42.1 Å². The van der Waals surface area contributed by atoms with E-state index in [2.05, 4.69) is 32.4 Å². The van der Waals surface area contributed by atoms with Crippen molar-refractivity contribution in [3.8, 4) is 11.3 Å². The summed E-state index contributed by atoms with van der Waals surface area (Å²) in [6.07, 6.45) is 5.52. The number of hydrogen-bond donors (Lipinski definition) is 0. The zero-order valence-corrected chi connectivity index (χ0v) is 14.6. The highest BCUT2D eigenvalue weighted by Gasteiger charge is 2.12. The summed E-state index contributed by atoms with van der Waals surface area (Å²) in [7, 11) is 1.89. The second-order valence-corrected chi connectivity index (χ2v) is 6.81. The van der Waals surface area contributed by atoms with E-state index in [1.807, 2.05) is 43.6 Å². The summed E-state index contributed by atoms with van der Waals surface area (Å²) in [4.78, 5) is 5.48. The van der Waals surface area contributed by atoms with Crippen molar-refractivity contribution in [1.82, 2.24) is 34.6 Å². The number of pyridine rings is 1. The quantitative estimate of drug-likeness (QED) is 0.492. The maximum atomic E-state index is 4.70. The third-order valence-corrected chi connectivity index (χ3v) is 5.05. The predicted molar refractivity (Wildman–Crippen MR) is 98.9 cm³/mol. The molecular formula is C18H13N7S. The molecule has 0 aliphatic carbocycles. The number of rotatable bonds is 3. The molecule has 126 valence electrons. The number of hydrogen-bond acceptors (Lipinski definition) is 6. The average Bonchev–Trinajstić information content (AvgIpc) is 3.28. The standard InChI is InChI=1S/C18H13N7S/c1-24-11-12(10-20-24)14-7-8-17-21-22-18(25(17)23-14)26-16-6-2-5-15-13(16)4-3-9-19-15/h2-11H,1H3. The number of aryl methyl sites for hydroxylation is 1. The van der Waals surface area contributed by atoms with Gasteiger partial charge in [-0.15, -0.1) is 10.2 Å². The number of fused-ring (bicyclic) bond motifs is 2. The SMILES string of the molecule is Cn1cc(-c2ccc3nnc(Sc4cccc5ncccc45)n3n2)cn1. The second kappa shape index (κ2) is 5.92. The first kappa shape index (κ1) is 15.0. The Morgan fingerprint density at radius 1 is 1.00 bits per heavy atom. The van der Waals surface area contributed by atoms with Crippen LogP contribution in [0.5, 0.6) is 0 Å². The molecule has 0 unspecified atom stereocenters. The van der Waals surface area contributed by atoms with Gasteiger partial charge in [0.15, 0.2) is 5.65 Å². The van der Waals surface area contributed by atoms with Gasteiger partial charge in [-0.2, -0.15) is 14.7 Å². The number of nitrogens with zero attached hydrogens (tertiary/aromatic N) is 7. The van der Waals surface area contributed by atoms with Crippen LogP contribution in [0.1, 0.15) is 0 Å². The van der Waals surface area contributed by atoms with Gasteiger partial charge in [0.25, 0.3) is 0 Å². The first-order valence-electron chi connectivity index (χ1n) is 8.01. The summed E-state index contributed by atoms with van der Waals surface area (Å²) in [5.74, 6) is 0. The van der Waals surface area contributed by atoms with Gasteiger partial charge in [0.1, 0.15) is 0 Å². The Morgan fingerprint density at radius 2 is 1.96 bits per heavy atom. The minimum absolute atomic E-state index is 0.707. The van der Waals surface area contributed by atoms with Crippen LogP contribution in [-0.2, 0) is 7.05 Å². The van der Waals surface area contributed by atoms with Gasteiger partial charge >= 0.3 is 0 Å². The van der Waals surface area contributed by atoms with Crippen molar-refractivity contribution in [1.29, 1.82) is 0 Å². The van der Waals surface area contributed by atoms with E-state index in [4.69, 9.17) is 5.10 Å². The van der Waals surface area contributed by atoms with Crippen molar-refractivity contribution in [3.05, 3.63) is 61.1 Å². The van der Waals surface area contributed by atoms with Gasteiger partial charge in [0, 0.05) is 35.3 Å². The molecule has 0 aliphatic rings. The number of aromatic nitrogens is 7. The molecule has 1 aromatic carbocycles. The molecule has 8 heteroatoms. The van der Waals surface area contributed by atoms with Crippen LogP contribution in [0, 0.1) is 0 Å². The van der Waals surface area contributed by atoms with E-state index in [1.54, 1.807) is 21.6 Å². The maximum absolute atomic E-state index is 4.70. The van der Waals surface area contributed by atoms with Crippen molar-refractivity contribution in [2.45, 2.75) is 10.1 Å². The van der Waals surface area contributed by atoms with E-state index in [-0.39, 0.29) is 0 Å². The van der Waals surface area contributed by atoms with Gasteiger partial charge in [-0.3, -0.25) is 9.67 Å². The van der Waals surface area contributed by atoms with Crippen molar-refractivity contribution >= 4 is 28.3 Å². The molecule has 0 atom stereocenters. The van der Waals surface area contributed by atoms with E-state index in [9.17, 15) is 0 Å². The lowest BCUT2D eigenvalue weighted by molar-refractivity contribution is 0.767. The van der Waals surface area contributed by atoms with E-state index in [0.717, 1.165) is 27.1 Å². The van der Waals surface area contributed by atoms with Crippen molar-refractivity contribution < 1.29 is 0 Å². The van der Waals surface area contributed by atoms with Crippen molar-refractivity contribution in [2.24, 2.45) is 7.05 Å². The molecule has 4 heterocycles. The molecule has 5 aromatic rings. The first-order valence-corrected chi connectivity index (χ1v) is 8.83. The van der Waals surface area contributed by atoms with E-state index < -0.39 is 0 Å². The fraction of sp³-hybridized carbons (Fsp3) is 0.0556. The molecule has 0 aliphatic heterocycles. The van der Waals surface area contributed by atoms with Crippen molar-refractivity contribution in [3.63, 3.8) is 0 Å². The van der Waals surface area contributed by atoms with E-state index in [0.29, 0.717) is 10.8 Å².